The maximum absolute atomic E-state index is 13.0. The van der Waals surface area contributed by atoms with E-state index in [1.54, 1.807) is 18.3 Å². The zero-order valence-corrected chi connectivity index (χ0v) is 14.9. The van der Waals surface area contributed by atoms with Gasteiger partial charge in [-0.1, -0.05) is 36.0 Å². The van der Waals surface area contributed by atoms with Crippen LogP contribution < -0.4 is 0 Å². The second kappa shape index (κ2) is 7.33. The SMILES string of the molecule is O=C(CSc1ncc(-c2ccc(F)cc2)[nH]1)N1CCc2ccccc2C1. The van der Waals surface area contributed by atoms with Crippen molar-refractivity contribution in [3.05, 3.63) is 71.7 Å². The number of thioether (sulfide) groups is 1. The van der Waals surface area contributed by atoms with Gasteiger partial charge in [-0.15, -0.1) is 0 Å². The summed E-state index contributed by atoms with van der Waals surface area (Å²) < 4.78 is 13.0. The summed E-state index contributed by atoms with van der Waals surface area (Å²) in [5.74, 6) is 0.194. The van der Waals surface area contributed by atoms with Crippen molar-refractivity contribution in [1.82, 2.24) is 14.9 Å². The summed E-state index contributed by atoms with van der Waals surface area (Å²) in [6, 6.07) is 14.5. The molecule has 0 spiro atoms. The van der Waals surface area contributed by atoms with Gasteiger partial charge in [-0.3, -0.25) is 4.79 Å². The van der Waals surface area contributed by atoms with Crippen LogP contribution in [0.5, 0.6) is 0 Å². The molecule has 4 rings (SSSR count). The highest BCUT2D eigenvalue weighted by molar-refractivity contribution is 7.99. The lowest BCUT2D eigenvalue weighted by Crippen LogP contribution is -2.37. The first-order chi connectivity index (χ1) is 12.7. The van der Waals surface area contributed by atoms with Crippen LogP contribution in [-0.2, 0) is 17.8 Å². The van der Waals surface area contributed by atoms with Gasteiger partial charge in [-0.05, 0) is 47.4 Å². The zero-order chi connectivity index (χ0) is 17.9. The molecule has 1 aliphatic rings. The molecule has 0 saturated heterocycles. The molecular weight excluding hydrogens is 349 g/mol. The molecular formula is C20H18FN3OS. The van der Waals surface area contributed by atoms with Crippen molar-refractivity contribution in [3.63, 3.8) is 0 Å². The van der Waals surface area contributed by atoms with Gasteiger partial charge in [-0.2, -0.15) is 0 Å². The number of aromatic amines is 1. The summed E-state index contributed by atoms with van der Waals surface area (Å²) >= 11 is 1.39. The number of carbonyl (C=O) groups is 1. The molecule has 0 saturated carbocycles. The van der Waals surface area contributed by atoms with E-state index in [0.717, 1.165) is 24.2 Å². The highest BCUT2D eigenvalue weighted by Gasteiger charge is 2.20. The lowest BCUT2D eigenvalue weighted by Gasteiger charge is -2.28. The number of aromatic nitrogens is 2. The second-order valence-corrected chi connectivity index (χ2v) is 7.20. The predicted molar refractivity (Wildman–Crippen MR) is 100 cm³/mol. The lowest BCUT2D eigenvalue weighted by atomic mass is 10.00. The van der Waals surface area contributed by atoms with E-state index in [9.17, 15) is 9.18 Å². The summed E-state index contributed by atoms with van der Waals surface area (Å²) in [5, 5.41) is 0.690. The maximum atomic E-state index is 13.0. The molecule has 2 aromatic carbocycles. The third kappa shape index (κ3) is 3.65. The fourth-order valence-corrected chi connectivity index (χ4v) is 3.83. The molecule has 1 aliphatic heterocycles. The Bertz CT molecular complexity index is 923. The van der Waals surface area contributed by atoms with Gasteiger partial charge in [-0.25, -0.2) is 9.37 Å². The van der Waals surface area contributed by atoms with Crippen molar-refractivity contribution in [2.75, 3.05) is 12.3 Å². The van der Waals surface area contributed by atoms with Gasteiger partial charge in [0.05, 0.1) is 17.6 Å². The number of hydrogen-bond acceptors (Lipinski definition) is 3. The molecule has 26 heavy (non-hydrogen) atoms. The molecule has 0 radical (unpaired) electrons. The molecule has 0 unspecified atom stereocenters. The summed E-state index contributed by atoms with van der Waals surface area (Å²) in [6.45, 7) is 1.43. The van der Waals surface area contributed by atoms with E-state index in [0.29, 0.717) is 17.5 Å². The van der Waals surface area contributed by atoms with Crippen LogP contribution in [-0.4, -0.2) is 33.1 Å². The van der Waals surface area contributed by atoms with Crippen LogP contribution >= 0.6 is 11.8 Å². The highest BCUT2D eigenvalue weighted by atomic mass is 32.2. The molecule has 0 bridgehead atoms. The number of amides is 1. The van der Waals surface area contributed by atoms with Gasteiger partial charge < -0.3 is 9.88 Å². The average Bonchev–Trinajstić information content (AvgIpc) is 3.15. The lowest BCUT2D eigenvalue weighted by molar-refractivity contribution is -0.129. The van der Waals surface area contributed by atoms with E-state index >= 15 is 0 Å². The number of benzene rings is 2. The fraction of sp³-hybridized carbons (Fsp3) is 0.200. The topological polar surface area (TPSA) is 49.0 Å². The molecule has 4 nitrogen and oxygen atoms in total. The van der Waals surface area contributed by atoms with Crippen LogP contribution in [0.3, 0.4) is 0 Å². The molecule has 1 amide bonds. The summed E-state index contributed by atoms with van der Waals surface area (Å²) in [6.07, 6.45) is 2.61. The number of nitrogens with one attached hydrogen (secondary N) is 1. The molecule has 1 N–H and O–H groups in total. The van der Waals surface area contributed by atoms with E-state index in [4.69, 9.17) is 0 Å². The third-order valence-electron chi connectivity index (χ3n) is 4.52. The Balaban J connectivity index is 1.36. The Morgan fingerprint density at radius 3 is 2.73 bits per heavy atom. The number of rotatable bonds is 4. The Morgan fingerprint density at radius 1 is 1.15 bits per heavy atom. The molecule has 0 aliphatic carbocycles. The van der Waals surface area contributed by atoms with Crippen LogP contribution in [0.15, 0.2) is 59.9 Å². The molecule has 132 valence electrons. The van der Waals surface area contributed by atoms with Gasteiger partial charge in [0, 0.05) is 13.1 Å². The smallest absolute Gasteiger partial charge is 0.233 e. The molecule has 3 aromatic rings. The van der Waals surface area contributed by atoms with Crippen molar-refractivity contribution in [1.29, 1.82) is 0 Å². The van der Waals surface area contributed by atoms with Gasteiger partial charge >= 0.3 is 0 Å². The first-order valence-corrected chi connectivity index (χ1v) is 9.46. The second-order valence-electron chi connectivity index (χ2n) is 6.23. The van der Waals surface area contributed by atoms with Gasteiger partial charge in [0.25, 0.3) is 0 Å². The molecule has 1 aromatic heterocycles. The zero-order valence-electron chi connectivity index (χ0n) is 14.1. The van der Waals surface area contributed by atoms with E-state index < -0.39 is 0 Å². The Hall–Kier alpha value is -2.60. The molecule has 0 fully saturated rings. The van der Waals surface area contributed by atoms with Crippen molar-refractivity contribution < 1.29 is 9.18 Å². The van der Waals surface area contributed by atoms with Gasteiger partial charge in [0.1, 0.15) is 5.82 Å². The van der Waals surface area contributed by atoms with Gasteiger partial charge in [0.2, 0.25) is 5.91 Å². The van der Waals surface area contributed by atoms with Crippen LogP contribution in [0.2, 0.25) is 0 Å². The van der Waals surface area contributed by atoms with Crippen molar-refractivity contribution in [2.24, 2.45) is 0 Å². The summed E-state index contributed by atoms with van der Waals surface area (Å²) in [5.41, 5.74) is 4.24. The monoisotopic (exact) mass is 367 g/mol. The fourth-order valence-electron chi connectivity index (χ4n) is 3.08. The van der Waals surface area contributed by atoms with E-state index in [-0.39, 0.29) is 11.7 Å². The number of nitrogens with zero attached hydrogens (tertiary/aromatic N) is 2. The van der Waals surface area contributed by atoms with Crippen LogP contribution in [0.4, 0.5) is 4.39 Å². The minimum absolute atomic E-state index is 0.115. The number of H-pyrrole nitrogens is 1. The minimum atomic E-state index is -0.267. The first kappa shape index (κ1) is 16.8. The van der Waals surface area contributed by atoms with E-state index in [2.05, 4.69) is 22.1 Å². The largest absolute Gasteiger partial charge is 0.337 e. The average molecular weight is 367 g/mol. The van der Waals surface area contributed by atoms with Crippen molar-refractivity contribution in [2.45, 2.75) is 18.1 Å². The number of halogens is 1. The van der Waals surface area contributed by atoms with Crippen LogP contribution in [0, 0.1) is 5.82 Å². The van der Waals surface area contributed by atoms with E-state index in [1.807, 2.05) is 17.0 Å². The van der Waals surface area contributed by atoms with Gasteiger partial charge in [0.15, 0.2) is 5.16 Å². The number of hydrogen-bond donors (Lipinski definition) is 1. The Labute approximate surface area is 155 Å². The predicted octanol–water partition coefficient (Wildman–Crippen LogP) is 3.89. The molecule has 0 atom stereocenters. The number of imidazole rings is 1. The first-order valence-electron chi connectivity index (χ1n) is 8.47. The van der Waals surface area contributed by atoms with Crippen molar-refractivity contribution >= 4 is 17.7 Å². The highest BCUT2D eigenvalue weighted by Crippen LogP contribution is 2.23. The minimum Gasteiger partial charge on any atom is -0.337 e. The summed E-state index contributed by atoms with van der Waals surface area (Å²) in [7, 11) is 0. The Morgan fingerprint density at radius 2 is 1.92 bits per heavy atom. The molecule has 6 heteroatoms. The van der Waals surface area contributed by atoms with Crippen LogP contribution in [0.1, 0.15) is 11.1 Å². The Kier molecular flexibility index (Phi) is 4.75. The van der Waals surface area contributed by atoms with Crippen molar-refractivity contribution in [3.8, 4) is 11.3 Å². The third-order valence-corrected chi connectivity index (χ3v) is 5.40. The normalized spacial score (nSPS) is 13.5. The summed E-state index contributed by atoms with van der Waals surface area (Å²) in [4.78, 5) is 21.9. The van der Waals surface area contributed by atoms with Crippen LogP contribution in [0.25, 0.3) is 11.3 Å². The van der Waals surface area contributed by atoms with E-state index in [1.165, 1.54) is 35.0 Å². The standard InChI is InChI=1S/C20H18FN3OS/c21-17-7-5-15(6-8-17)18-11-22-20(23-18)26-13-19(25)24-10-9-14-3-1-2-4-16(14)12-24/h1-8,11H,9-10,12-13H2,(H,22,23). The quantitative estimate of drug-likeness (QED) is 0.712. The maximum Gasteiger partial charge on any atom is 0.233 e. The molecule has 2 heterocycles. The number of carbonyl (C=O) groups excluding carboxylic acids is 1. The number of fused-ring (bicyclic) bond motifs is 1.